The number of nitrogens with one attached hydrogen (secondary N) is 1. The molecule has 3 heteroatoms. The highest BCUT2D eigenvalue weighted by Gasteiger charge is 2.31. The van der Waals surface area contributed by atoms with E-state index in [1.807, 2.05) is 18.7 Å². The van der Waals surface area contributed by atoms with Crippen LogP contribution in [-0.4, -0.2) is 29.6 Å². The molecule has 0 aromatic carbocycles. The third kappa shape index (κ3) is 1.71. The van der Waals surface area contributed by atoms with Crippen LogP contribution in [0.5, 0.6) is 0 Å². The molecule has 0 radical (unpaired) electrons. The predicted octanol–water partition coefficient (Wildman–Crippen LogP) is 1.44. The summed E-state index contributed by atoms with van der Waals surface area (Å²) in [6.07, 6.45) is 0. The van der Waals surface area contributed by atoms with Gasteiger partial charge in [-0.15, -0.1) is 0 Å². The van der Waals surface area contributed by atoms with Gasteiger partial charge in [0.25, 0.3) is 0 Å². The summed E-state index contributed by atoms with van der Waals surface area (Å²) in [6, 6.07) is 0.734. The first-order chi connectivity index (χ1) is 5.52. The van der Waals surface area contributed by atoms with Gasteiger partial charge >= 0.3 is 6.03 Å². The smallest absolute Gasteiger partial charge is 0.317 e. The highest BCUT2D eigenvalue weighted by molar-refractivity contribution is 5.77. The zero-order chi connectivity index (χ0) is 9.30. The van der Waals surface area contributed by atoms with Crippen LogP contribution >= 0.6 is 0 Å². The summed E-state index contributed by atoms with van der Waals surface area (Å²) in [7, 11) is 0. The number of amides is 2. The molecule has 1 fully saturated rings. The van der Waals surface area contributed by atoms with Gasteiger partial charge < -0.3 is 10.2 Å². The van der Waals surface area contributed by atoms with Gasteiger partial charge in [0.2, 0.25) is 0 Å². The number of nitrogens with zero attached hydrogens (tertiary/aromatic N) is 1. The fraction of sp³-hybridized carbons (Fsp3) is 0.889. The molecule has 1 aliphatic rings. The number of rotatable bonds is 2. The van der Waals surface area contributed by atoms with Crippen molar-refractivity contribution in [1.82, 2.24) is 10.2 Å². The summed E-state index contributed by atoms with van der Waals surface area (Å²) in [6.45, 7) is 9.21. The van der Waals surface area contributed by atoms with Gasteiger partial charge in [-0.05, 0) is 19.8 Å². The highest BCUT2D eigenvalue weighted by atomic mass is 16.2. The Balaban J connectivity index is 2.56. The standard InChI is InChI=1S/C9H18N2O/c1-6(2)8-5-11(7(3)4)9(12)10-8/h6-8H,5H2,1-4H3,(H,10,12). The molecule has 0 aliphatic carbocycles. The molecule has 0 bridgehead atoms. The minimum Gasteiger partial charge on any atom is -0.333 e. The first-order valence-electron chi connectivity index (χ1n) is 4.59. The van der Waals surface area contributed by atoms with E-state index in [9.17, 15) is 4.79 Å². The van der Waals surface area contributed by atoms with E-state index < -0.39 is 0 Å². The maximum absolute atomic E-state index is 11.3. The van der Waals surface area contributed by atoms with Crippen molar-refractivity contribution < 1.29 is 4.79 Å². The van der Waals surface area contributed by atoms with Crippen LogP contribution in [0.15, 0.2) is 0 Å². The maximum Gasteiger partial charge on any atom is 0.317 e. The quantitative estimate of drug-likeness (QED) is 0.668. The first-order valence-corrected chi connectivity index (χ1v) is 4.59. The SMILES string of the molecule is CC(C)C1CN(C(C)C)C(=O)N1. The Morgan fingerprint density at radius 1 is 1.42 bits per heavy atom. The Hall–Kier alpha value is -0.730. The number of carbonyl (C=O) groups excluding carboxylic acids is 1. The van der Waals surface area contributed by atoms with Gasteiger partial charge in [0, 0.05) is 12.6 Å². The lowest BCUT2D eigenvalue weighted by Crippen LogP contribution is -2.33. The van der Waals surface area contributed by atoms with Crippen LogP contribution in [0, 0.1) is 5.92 Å². The minimum atomic E-state index is 0.0868. The van der Waals surface area contributed by atoms with Crippen LogP contribution in [-0.2, 0) is 0 Å². The lowest BCUT2D eigenvalue weighted by Gasteiger charge is -2.19. The van der Waals surface area contributed by atoms with Crippen molar-refractivity contribution in [3.05, 3.63) is 0 Å². The second-order valence-electron chi connectivity index (χ2n) is 4.05. The maximum atomic E-state index is 11.3. The summed E-state index contributed by atoms with van der Waals surface area (Å²) in [4.78, 5) is 13.2. The number of hydrogen-bond acceptors (Lipinski definition) is 1. The number of hydrogen-bond donors (Lipinski definition) is 1. The summed E-state index contributed by atoms with van der Waals surface area (Å²) in [5, 5.41) is 2.97. The van der Waals surface area contributed by atoms with Crippen LogP contribution in [0.3, 0.4) is 0 Å². The van der Waals surface area contributed by atoms with E-state index in [0.717, 1.165) is 6.54 Å². The van der Waals surface area contributed by atoms with Crippen molar-refractivity contribution in [3.8, 4) is 0 Å². The van der Waals surface area contributed by atoms with E-state index >= 15 is 0 Å². The van der Waals surface area contributed by atoms with E-state index in [4.69, 9.17) is 0 Å². The fourth-order valence-electron chi connectivity index (χ4n) is 1.40. The zero-order valence-corrected chi connectivity index (χ0v) is 8.29. The van der Waals surface area contributed by atoms with E-state index in [-0.39, 0.29) is 6.03 Å². The molecule has 3 nitrogen and oxygen atoms in total. The molecule has 1 N–H and O–H groups in total. The van der Waals surface area contributed by atoms with Crippen LogP contribution in [0.1, 0.15) is 27.7 Å². The van der Waals surface area contributed by atoms with Gasteiger partial charge in [-0.1, -0.05) is 13.8 Å². The molecular formula is C9H18N2O. The molecule has 2 amide bonds. The predicted molar refractivity (Wildman–Crippen MR) is 49.0 cm³/mol. The molecule has 1 unspecified atom stereocenters. The fourth-order valence-corrected chi connectivity index (χ4v) is 1.40. The van der Waals surface area contributed by atoms with Crippen molar-refractivity contribution in [3.63, 3.8) is 0 Å². The normalized spacial score (nSPS) is 24.0. The average Bonchev–Trinajstić information content (AvgIpc) is 2.30. The second kappa shape index (κ2) is 3.33. The topological polar surface area (TPSA) is 32.3 Å². The Morgan fingerprint density at radius 3 is 2.25 bits per heavy atom. The van der Waals surface area contributed by atoms with E-state index in [2.05, 4.69) is 19.2 Å². The highest BCUT2D eigenvalue weighted by Crippen LogP contribution is 2.13. The lowest BCUT2D eigenvalue weighted by molar-refractivity contribution is 0.205. The molecule has 12 heavy (non-hydrogen) atoms. The molecular weight excluding hydrogens is 152 g/mol. The van der Waals surface area contributed by atoms with Crippen LogP contribution in [0.25, 0.3) is 0 Å². The van der Waals surface area contributed by atoms with E-state index in [0.29, 0.717) is 18.0 Å². The molecule has 0 saturated carbocycles. The van der Waals surface area contributed by atoms with Gasteiger partial charge in [0.05, 0.1) is 6.04 Å². The van der Waals surface area contributed by atoms with Crippen LogP contribution in [0.2, 0.25) is 0 Å². The Kier molecular flexibility index (Phi) is 2.60. The molecule has 70 valence electrons. The second-order valence-corrected chi connectivity index (χ2v) is 4.05. The Bertz CT molecular complexity index is 177. The van der Waals surface area contributed by atoms with Gasteiger partial charge in [0.1, 0.15) is 0 Å². The first kappa shape index (κ1) is 9.36. The van der Waals surface area contributed by atoms with Crippen LogP contribution in [0.4, 0.5) is 4.79 Å². The minimum absolute atomic E-state index is 0.0868. The van der Waals surface area contributed by atoms with E-state index in [1.165, 1.54) is 0 Å². The molecule has 1 atom stereocenters. The molecule has 1 aliphatic heterocycles. The summed E-state index contributed by atoms with van der Waals surface area (Å²) in [5.74, 6) is 0.526. The van der Waals surface area contributed by atoms with Crippen molar-refractivity contribution in [1.29, 1.82) is 0 Å². The zero-order valence-electron chi connectivity index (χ0n) is 8.29. The van der Waals surface area contributed by atoms with Gasteiger partial charge in [-0.3, -0.25) is 0 Å². The molecule has 1 saturated heterocycles. The summed E-state index contributed by atoms with van der Waals surface area (Å²) >= 11 is 0. The van der Waals surface area contributed by atoms with Gasteiger partial charge in [-0.25, -0.2) is 4.79 Å². The number of urea groups is 1. The van der Waals surface area contributed by atoms with Gasteiger partial charge in [-0.2, -0.15) is 0 Å². The van der Waals surface area contributed by atoms with Gasteiger partial charge in [0.15, 0.2) is 0 Å². The summed E-state index contributed by atoms with van der Waals surface area (Å²) in [5.41, 5.74) is 0. The third-order valence-corrected chi connectivity index (χ3v) is 2.39. The third-order valence-electron chi connectivity index (χ3n) is 2.39. The van der Waals surface area contributed by atoms with Crippen molar-refractivity contribution in [2.24, 2.45) is 5.92 Å². The average molecular weight is 170 g/mol. The Morgan fingerprint density at radius 2 is 2.00 bits per heavy atom. The van der Waals surface area contributed by atoms with E-state index in [1.54, 1.807) is 0 Å². The molecule has 1 heterocycles. The molecule has 0 spiro atoms. The van der Waals surface area contributed by atoms with Crippen molar-refractivity contribution in [2.45, 2.75) is 39.8 Å². The largest absolute Gasteiger partial charge is 0.333 e. The van der Waals surface area contributed by atoms with Crippen molar-refractivity contribution in [2.75, 3.05) is 6.54 Å². The van der Waals surface area contributed by atoms with Crippen molar-refractivity contribution >= 4 is 6.03 Å². The molecule has 0 aromatic heterocycles. The number of carbonyl (C=O) groups is 1. The Labute approximate surface area is 74.1 Å². The lowest BCUT2D eigenvalue weighted by atomic mass is 10.1. The van der Waals surface area contributed by atoms with Crippen LogP contribution < -0.4 is 5.32 Å². The molecule has 0 aromatic rings. The summed E-state index contributed by atoms with van der Waals surface area (Å²) < 4.78 is 0. The molecule has 1 rings (SSSR count). The monoisotopic (exact) mass is 170 g/mol.